The van der Waals surface area contributed by atoms with Gasteiger partial charge in [0.1, 0.15) is 17.2 Å². The number of hydrogen-bond acceptors (Lipinski definition) is 7. The second kappa shape index (κ2) is 8.20. The predicted molar refractivity (Wildman–Crippen MR) is 139 cm³/mol. The maximum Gasteiger partial charge on any atom is 0.513 e. The van der Waals surface area contributed by atoms with Crippen LogP contribution in [-0.4, -0.2) is 46.8 Å². The van der Waals surface area contributed by atoms with Gasteiger partial charge in [-0.25, -0.2) is 4.79 Å². The molecule has 0 unspecified atom stereocenters. The highest BCUT2D eigenvalue weighted by Crippen LogP contribution is 2.51. The van der Waals surface area contributed by atoms with E-state index in [0.717, 1.165) is 16.3 Å². The number of nitrogens with one attached hydrogen (secondary N) is 2. The number of carbonyl (C=O) groups is 2. The Labute approximate surface area is 208 Å². The molecule has 6 rings (SSSR count). The van der Waals surface area contributed by atoms with Crippen LogP contribution in [0.15, 0.2) is 54.6 Å². The van der Waals surface area contributed by atoms with Gasteiger partial charge >= 0.3 is 6.16 Å². The zero-order valence-electron chi connectivity index (χ0n) is 19.7. The fraction of sp³-hybridized carbons (Fsp3) is 0.0714. The first kappa shape index (κ1) is 22.3. The van der Waals surface area contributed by atoms with Crippen LogP contribution in [0.4, 0.5) is 4.79 Å². The summed E-state index contributed by atoms with van der Waals surface area (Å²) in [6.45, 7) is 0. The van der Waals surface area contributed by atoms with Gasteiger partial charge in [0, 0.05) is 33.1 Å². The molecule has 4 N–H and O–H groups in total. The summed E-state index contributed by atoms with van der Waals surface area (Å²) in [5, 5.41) is 25.6. The Morgan fingerprint density at radius 2 is 1.54 bits per heavy atom. The quantitative estimate of drug-likeness (QED) is 0.134. The van der Waals surface area contributed by atoms with E-state index in [-0.39, 0.29) is 33.9 Å². The molecule has 2 aromatic heterocycles. The average Bonchev–Trinajstić information content (AvgIpc) is 3.47. The van der Waals surface area contributed by atoms with Gasteiger partial charge in [-0.1, -0.05) is 18.2 Å². The molecule has 0 saturated heterocycles. The van der Waals surface area contributed by atoms with E-state index < -0.39 is 6.16 Å². The number of ether oxygens (including phenoxy) is 3. The highest BCUT2D eigenvalue weighted by atomic mass is 16.7. The Bertz CT molecular complexity index is 1900. The summed E-state index contributed by atoms with van der Waals surface area (Å²) in [4.78, 5) is 30.6. The van der Waals surface area contributed by atoms with Crippen LogP contribution in [0.1, 0.15) is 10.4 Å². The minimum atomic E-state index is -1.01. The number of fused-ring (bicyclic) bond motifs is 6. The molecule has 0 spiro atoms. The predicted octanol–water partition coefficient (Wildman–Crippen LogP) is 6.00. The molecule has 2 heterocycles. The molecule has 0 aliphatic rings. The van der Waals surface area contributed by atoms with Crippen molar-refractivity contribution >= 4 is 56.1 Å². The number of carbonyl (C=O) groups excluding carboxylic acids is 2. The second-order valence-corrected chi connectivity index (χ2v) is 8.51. The van der Waals surface area contributed by atoms with Crippen LogP contribution in [0.2, 0.25) is 0 Å². The van der Waals surface area contributed by atoms with Crippen molar-refractivity contribution in [3.8, 4) is 34.1 Å². The number of phenols is 2. The van der Waals surface area contributed by atoms with E-state index in [1.54, 1.807) is 31.4 Å². The molecule has 184 valence electrons. The van der Waals surface area contributed by atoms with Crippen molar-refractivity contribution in [3.63, 3.8) is 0 Å². The zero-order valence-corrected chi connectivity index (χ0v) is 19.7. The standard InChI is InChI=1S/C28H20N2O7/c1-35-14-7-8-16-17-9-13(12-31)26(32)23(24(17)30-20(16)10-14)22-21(37-28(34)36-2)11-18-15-5-3-4-6-19(15)29-25(18)27(22)33/h3-12,29-30,32-33H,1-2H3. The Morgan fingerprint density at radius 3 is 2.30 bits per heavy atom. The van der Waals surface area contributed by atoms with E-state index in [1.807, 2.05) is 30.3 Å². The van der Waals surface area contributed by atoms with Crippen LogP contribution in [-0.2, 0) is 4.74 Å². The lowest BCUT2D eigenvalue weighted by Crippen LogP contribution is -2.08. The van der Waals surface area contributed by atoms with Crippen molar-refractivity contribution in [3.05, 3.63) is 60.2 Å². The van der Waals surface area contributed by atoms with Gasteiger partial charge in [-0.3, -0.25) is 4.79 Å². The van der Waals surface area contributed by atoms with E-state index in [4.69, 9.17) is 14.2 Å². The van der Waals surface area contributed by atoms with Crippen LogP contribution in [0.5, 0.6) is 23.0 Å². The number of H-pyrrole nitrogens is 2. The molecule has 0 aliphatic heterocycles. The number of phenolic OH excluding ortho intramolecular Hbond substituents is 2. The summed E-state index contributed by atoms with van der Waals surface area (Å²) in [7, 11) is 2.72. The number of para-hydroxylation sites is 1. The minimum Gasteiger partial charge on any atom is -0.506 e. The van der Waals surface area contributed by atoms with Crippen LogP contribution < -0.4 is 9.47 Å². The van der Waals surface area contributed by atoms with E-state index in [1.165, 1.54) is 7.11 Å². The summed E-state index contributed by atoms with van der Waals surface area (Å²) in [5.74, 6) is -0.111. The molecule has 0 aliphatic carbocycles. The molecule has 0 saturated carbocycles. The number of aromatic hydroxyl groups is 2. The Kier molecular flexibility index (Phi) is 4.94. The minimum absolute atomic E-state index is 0.000574. The van der Waals surface area contributed by atoms with Gasteiger partial charge in [0.15, 0.2) is 12.0 Å². The van der Waals surface area contributed by atoms with Crippen molar-refractivity contribution in [1.82, 2.24) is 9.97 Å². The Balaban J connectivity index is 1.78. The van der Waals surface area contributed by atoms with Gasteiger partial charge in [0.05, 0.1) is 47.5 Å². The summed E-state index contributed by atoms with van der Waals surface area (Å²) in [5.41, 5.74) is 2.32. The van der Waals surface area contributed by atoms with Crippen molar-refractivity contribution in [1.29, 1.82) is 0 Å². The van der Waals surface area contributed by atoms with Crippen LogP contribution in [0.25, 0.3) is 54.7 Å². The van der Waals surface area contributed by atoms with Gasteiger partial charge < -0.3 is 34.4 Å². The van der Waals surface area contributed by atoms with E-state index in [2.05, 4.69) is 9.97 Å². The lowest BCUT2D eigenvalue weighted by atomic mass is 9.95. The van der Waals surface area contributed by atoms with E-state index in [9.17, 15) is 19.8 Å². The number of hydrogen-bond donors (Lipinski definition) is 4. The molecule has 0 atom stereocenters. The van der Waals surface area contributed by atoms with Crippen LogP contribution in [0.3, 0.4) is 0 Å². The molecule has 0 amide bonds. The topological polar surface area (TPSA) is 134 Å². The molecule has 0 fully saturated rings. The lowest BCUT2D eigenvalue weighted by Gasteiger charge is -2.15. The monoisotopic (exact) mass is 496 g/mol. The number of aromatic nitrogens is 2. The fourth-order valence-electron chi connectivity index (χ4n) is 4.89. The first-order valence-corrected chi connectivity index (χ1v) is 11.3. The maximum atomic E-state index is 12.2. The van der Waals surface area contributed by atoms with Crippen molar-refractivity contribution < 1.29 is 34.0 Å². The van der Waals surface area contributed by atoms with E-state index in [0.29, 0.717) is 39.4 Å². The van der Waals surface area contributed by atoms with Gasteiger partial charge in [-0.15, -0.1) is 0 Å². The average molecular weight is 496 g/mol. The summed E-state index contributed by atoms with van der Waals surface area (Å²) in [6, 6.07) is 16.0. The molecule has 4 aromatic carbocycles. The molecule has 6 aromatic rings. The van der Waals surface area contributed by atoms with Gasteiger partial charge in [0.25, 0.3) is 0 Å². The molecule has 0 radical (unpaired) electrons. The largest absolute Gasteiger partial charge is 0.513 e. The fourth-order valence-corrected chi connectivity index (χ4v) is 4.89. The lowest BCUT2D eigenvalue weighted by molar-refractivity contribution is 0.112. The van der Waals surface area contributed by atoms with Crippen LogP contribution >= 0.6 is 0 Å². The molecular weight excluding hydrogens is 476 g/mol. The summed E-state index contributed by atoms with van der Waals surface area (Å²) < 4.78 is 15.5. The third-order valence-electron chi connectivity index (χ3n) is 6.58. The van der Waals surface area contributed by atoms with Crippen molar-refractivity contribution in [2.75, 3.05) is 14.2 Å². The van der Waals surface area contributed by atoms with E-state index >= 15 is 0 Å². The summed E-state index contributed by atoms with van der Waals surface area (Å²) in [6.07, 6.45) is -0.483. The smallest absolute Gasteiger partial charge is 0.506 e. The summed E-state index contributed by atoms with van der Waals surface area (Å²) >= 11 is 0. The second-order valence-electron chi connectivity index (χ2n) is 8.51. The highest BCUT2D eigenvalue weighted by molar-refractivity contribution is 6.19. The van der Waals surface area contributed by atoms with Gasteiger partial charge in [-0.05, 0) is 30.3 Å². The third kappa shape index (κ3) is 3.24. The number of aromatic amines is 2. The number of aldehydes is 1. The third-order valence-corrected chi connectivity index (χ3v) is 6.58. The first-order valence-electron chi connectivity index (χ1n) is 11.3. The van der Waals surface area contributed by atoms with Crippen molar-refractivity contribution in [2.45, 2.75) is 0 Å². The number of rotatable bonds is 4. The molecule has 9 heteroatoms. The SMILES string of the molecule is COC(=O)Oc1cc2c([nH]c3ccccc32)c(O)c1-c1c(O)c(C=O)cc2c1[nH]c1cc(OC)ccc12. The zero-order chi connectivity index (χ0) is 25.8. The van der Waals surface area contributed by atoms with Gasteiger partial charge in [-0.2, -0.15) is 0 Å². The number of benzene rings is 4. The molecule has 0 bridgehead atoms. The normalized spacial score (nSPS) is 11.4. The Hall–Kier alpha value is -5.18. The maximum absolute atomic E-state index is 12.2. The Morgan fingerprint density at radius 1 is 0.811 bits per heavy atom. The van der Waals surface area contributed by atoms with Gasteiger partial charge in [0.2, 0.25) is 0 Å². The van der Waals surface area contributed by atoms with Crippen LogP contribution in [0, 0.1) is 0 Å². The molecular formula is C28H20N2O7. The first-order chi connectivity index (χ1) is 17.9. The van der Waals surface area contributed by atoms with Crippen molar-refractivity contribution in [2.24, 2.45) is 0 Å². The molecule has 37 heavy (non-hydrogen) atoms. The molecule has 9 nitrogen and oxygen atoms in total. The number of methoxy groups -OCH3 is 2. The highest BCUT2D eigenvalue weighted by Gasteiger charge is 2.27.